The number of aromatic hydroxyl groups is 2. The minimum atomic E-state index is -0.593. The van der Waals surface area contributed by atoms with E-state index in [4.69, 9.17) is 15.2 Å². The summed E-state index contributed by atoms with van der Waals surface area (Å²) in [6.07, 6.45) is 8.31. The van der Waals surface area contributed by atoms with Crippen molar-refractivity contribution in [1.29, 1.82) is 0 Å². The molecule has 2 unspecified atom stereocenters. The number of aliphatic hydroxyl groups is 1. The minimum absolute atomic E-state index is 0.00992. The molecule has 0 aliphatic heterocycles. The van der Waals surface area contributed by atoms with Crippen LogP contribution in [0.15, 0.2) is 47.5 Å². The summed E-state index contributed by atoms with van der Waals surface area (Å²) in [5.74, 6) is 1.49. The lowest BCUT2D eigenvalue weighted by Crippen LogP contribution is -2.22. The first-order valence-corrected chi connectivity index (χ1v) is 13.7. The molecule has 0 heterocycles. The SMILES string of the molecule is CN=C(N)Nc1cc(CC(C=CC(=O)CCc2ccc(O)c(OC)c2)C(C)CCCC(C)C)cc(OCO)c1O. The van der Waals surface area contributed by atoms with E-state index in [-0.39, 0.29) is 34.9 Å². The van der Waals surface area contributed by atoms with Crippen LogP contribution < -0.4 is 20.5 Å². The molecule has 0 amide bonds. The number of methoxy groups -OCH3 is 1. The molecule has 0 bridgehead atoms. The number of aliphatic imine (C=N–C) groups is 1. The Labute approximate surface area is 237 Å². The maximum absolute atomic E-state index is 12.8. The molecule has 0 saturated carbocycles. The third kappa shape index (κ3) is 10.4. The summed E-state index contributed by atoms with van der Waals surface area (Å²) in [5.41, 5.74) is 7.90. The number of hydrogen-bond donors (Lipinski definition) is 5. The van der Waals surface area contributed by atoms with Crippen molar-refractivity contribution in [2.45, 2.75) is 59.3 Å². The summed E-state index contributed by atoms with van der Waals surface area (Å²) in [6.45, 7) is 6.02. The van der Waals surface area contributed by atoms with Gasteiger partial charge in [0.05, 0.1) is 12.8 Å². The number of ether oxygens (including phenoxy) is 2. The molecular weight excluding hydrogens is 510 g/mol. The van der Waals surface area contributed by atoms with Crippen LogP contribution in [0.2, 0.25) is 0 Å². The van der Waals surface area contributed by atoms with Gasteiger partial charge >= 0.3 is 0 Å². The fourth-order valence-corrected chi connectivity index (χ4v) is 4.50. The van der Waals surface area contributed by atoms with E-state index >= 15 is 0 Å². The summed E-state index contributed by atoms with van der Waals surface area (Å²) in [7, 11) is 3.02. The molecule has 0 spiro atoms. The lowest BCUT2D eigenvalue weighted by Gasteiger charge is -2.23. The molecule has 9 nitrogen and oxygen atoms in total. The summed E-state index contributed by atoms with van der Waals surface area (Å²) >= 11 is 0. The van der Waals surface area contributed by atoms with Gasteiger partial charge in [-0.1, -0.05) is 52.2 Å². The van der Waals surface area contributed by atoms with Crippen LogP contribution in [0.1, 0.15) is 57.6 Å². The smallest absolute Gasteiger partial charge is 0.192 e. The number of carbonyl (C=O) groups is 1. The van der Waals surface area contributed by atoms with Crippen molar-refractivity contribution < 1.29 is 29.6 Å². The topological polar surface area (TPSA) is 147 Å². The highest BCUT2D eigenvalue weighted by molar-refractivity contribution is 5.94. The van der Waals surface area contributed by atoms with Gasteiger partial charge in [-0.25, -0.2) is 0 Å². The Bertz CT molecular complexity index is 1160. The van der Waals surface area contributed by atoms with Gasteiger partial charge in [-0.3, -0.25) is 9.79 Å². The zero-order valence-electron chi connectivity index (χ0n) is 24.3. The van der Waals surface area contributed by atoms with Crippen molar-refractivity contribution in [3.8, 4) is 23.0 Å². The highest BCUT2D eigenvalue weighted by Gasteiger charge is 2.19. The summed E-state index contributed by atoms with van der Waals surface area (Å²) in [5, 5.41) is 32.6. The first kappa shape index (κ1) is 32.5. The van der Waals surface area contributed by atoms with E-state index < -0.39 is 6.79 Å². The van der Waals surface area contributed by atoms with Gasteiger partial charge in [0.1, 0.15) is 0 Å². The number of ketones is 1. The van der Waals surface area contributed by atoms with E-state index in [0.717, 1.165) is 30.4 Å². The molecule has 0 saturated heterocycles. The number of hydrogen-bond acceptors (Lipinski definition) is 7. The van der Waals surface area contributed by atoms with Crippen molar-refractivity contribution in [3.63, 3.8) is 0 Å². The predicted molar refractivity (Wildman–Crippen MR) is 159 cm³/mol. The van der Waals surface area contributed by atoms with Gasteiger partial charge in [0.2, 0.25) is 0 Å². The van der Waals surface area contributed by atoms with Gasteiger partial charge < -0.3 is 35.8 Å². The zero-order chi connectivity index (χ0) is 29.7. The van der Waals surface area contributed by atoms with Gasteiger partial charge in [-0.15, -0.1) is 0 Å². The summed E-state index contributed by atoms with van der Waals surface area (Å²) < 4.78 is 10.4. The van der Waals surface area contributed by atoms with Crippen LogP contribution in [0.4, 0.5) is 5.69 Å². The average Bonchev–Trinajstić information content (AvgIpc) is 2.92. The fourth-order valence-electron chi connectivity index (χ4n) is 4.50. The number of aliphatic hydroxyl groups excluding tert-OH is 1. The van der Waals surface area contributed by atoms with E-state index in [1.165, 1.54) is 14.2 Å². The van der Waals surface area contributed by atoms with Crippen LogP contribution in [0.5, 0.6) is 23.0 Å². The normalized spacial score (nSPS) is 13.4. The number of phenols is 2. The van der Waals surface area contributed by atoms with E-state index in [1.807, 2.05) is 6.08 Å². The minimum Gasteiger partial charge on any atom is -0.504 e. The second kappa shape index (κ2) is 16.4. The quantitative estimate of drug-likeness (QED) is 0.0627. The number of nitrogens with zero attached hydrogens (tertiary/aromatic N) is 1. The lowest BCUT2D eigenvalue weighted by molar-refractivity contribution is -0.114. The molecule has 0 fully saturated rings. The van der Waals surface area contributed by atoms with Crippen molar-refractivity contribution in [2.75, 3.05) is 26.3 Å². The maximum Gasteiger partial charge on any atom is 0.192 e. The molecule has 2 aromatic rings. The van der Waals surface area contributed by atoms with Crippen molar-refractivity contribution in [2.24, 2.45) is 28.5 Å². The molecule has 2 rings (SSSR count). The number of carbonyl (C=O) groups excluding carboxylic acids is 1. The van der Waals surface area contributed by atoms with Gasteiger partial charge in [0.15, 0.2) is 41.5 Å². The third-order valence-electron chi connectivity index (χ3n) is 6.94. The van der Waals surface area contributed by atoms with E-state index in [1.54, 1.807) is 36.4 Å². The molecule has 2 atom stereocenters. The van der Waals surface area contributed by atoms with E-state index in [2.05, 4.69) is 31.1 Å². The van der Waals surface area contributed by atoms with Gasteiger partial charge in [0, 0.05) is 13.5 Å². The number of benzene rings is 2. The van der Waals surface area contributed by atoms with Crippen LogP contribution in [-0.4, -0.2) is 48.0 Å². The lowest BCUT2D eigenvalue weighted by atomic mass is 9.83. The second-order valence-corrected chi connectivity index (χ2v) is 10.5. The van der Waals surface area contributed by atoms with Crippen molar-refractivity contribution in [1.82, 2.24) is 0 Å². The van der Waals surface area contributed by atoms with Crippen LogP contribution >= 0.6 is 0 Å². The number of allylic oxidation sites excluding steroid dienone is 2. The molecule has 0 aliphatic rings. The molecule has 220 valence electrons. The standard InChI is InChI=1S/C31H45N3O6/c1-20(2)7-6-8-21(3)24(11-13-25(36)12-9-22-10-14-27(37)28(17-22)39-5)15-23-16-26(34-31(32)33-4)30(38)29(18-23)40-19-35/h10-11,13-14,16-18,20-21,24,35,37-38H,6-9,12,15,19H2,1-5H3,(H3,32,33,34). The number of nitrogens with one attached hydrogen (secondary N) is 1. The third-order valence-corrected chi connectivity index (χ3v) is 6.94. The highest BCUT2D eigenvalue weighted by atomic mass is 16.6. The Kier molecular flexibility index (Phi) is 13.3. The number of phenolic OH excluding ortho intramolecular Hbond substituents is 2. The first-order valence-electron chi connectivity index (χ1n) is 13.7. The number of aryl methyl sites for hydroxylation is 1. The van der Waals surface area contributed by atoms with Crippen molar-refractivity contribution in [3.05, 3.63) is 53.6 Å². The van der Waals surface area contributed by atoms with Crippen LogP contribution in [0.25, 0.3) is 0 Å². The number of guanidine groups is 1. The highest BCUT2D eigenvalue weighted by Crippen LogP contribution is 2.37. The van der Waals surface area contributed by atoms with Crippen LogP contribution in [-0.2, 0) is 17.6 Å². The molecule has 9 heteroatoms. The van der Waals surface area contributed by atoms with Gasteiger partial charge in [0.25, 0.3) is 0 Å². The van der Waals surface area contributed by atoms with Gasteiger partial charge in [-0.05, 0) is 72.1 Å². The largest absolute Gasteiger partial charge is 0.504 e. The molecular formula is C31H45N3O6. The molecule has 6 N–H and O–H groups in total. The number of nitrogens with two attached hydrogens (primary N) is 1. The Morgan fingerprint density at radius 3 is 2.48 bits per heavy atom. The van der Waals surface area contributed by atoms with E-state index in [0.29, 0.717) is 42.5 Å². The number of anilines is 1. The zero-order valence-corrected chi connectivity index (χ0v) is 24.3. The van der Waals surface area contributed by atoms with Gasteiger partial charge in [-0.2, -0.15) is 0 Å². The first-order chi connectivity index (χ1) is 19.1. The second-order valence-electron chi connectivity index (χ2n) is 10.5. The van der Waals surface area contributed by atoms with Crippen LogP contribution in [0, 0.1) is 17.8 Å². The predicted octanol–water partition coefficient (Wildman–Crippen LogP) is 5.17. The summed E-state index contributed by atoms with van der Waals surface area (Å²) in [4.78, 5) is 16.7. The molecule has 0 aromatic heterocycles. The Balaban J connectivity index is 2.25. The molecule has 0 radical (unpaired) electrons. The average molecular weight is 556 g/mol. The number of rotatable bonds is 16. The van der Waals surface area contributed by atoms with Crippen molar-refractivity contribution >= 4 is 17.4 Å². The molecule has 40 heavy (non-hydrogen) atoms. The Hall–Kier alpha value is -3.72. The van der Waals surface area contributed by atoms with Crippen LogP contribution in [0.3, 0.4) is 0 Å². The summed E-state index contributed by atoms with van der Waals surface area (Å²) in [6, 6.07) is 8.56. The Morgan fingerprint density at radius 2 is 1.82 bits per heavy atom. The fraction of sp³-hybridized carbons (Fsp3) is 0.484. The molecule has 0 aliphatic carbocycles. The molecule has 2 aromatic carbocycles. The maximum atomic E-state index is 12.8. The van der Waals surface area contributed by atoms with E-state index in [9.17, 15) is 20.1 Å². The monoisotopic (exact) mass is 555 g/mol. The Morgan fingerprint density at radius 1 is 1.10 bits per heavy atom.